The molecule has 1 aliphatic rings. The van der Waals surface area contributed by atoms with Crippen LogP contribution in [-0.4, -0.2) is 49.6 Å². The van der Waals surface area contributed by atoms with Crippen molar-refractivity contribution in [1.82, 2.24) is 15.5 Å². The maximum atomic E-state index is 12.8. The van der Waals surface area contributed by atoms with E-state index in [4.69, 9.17) is 0 Å². The van der Waals surface area contributed by atoms with Gasteiger partial charge in [-0.05, 0) is 67.6 Å². The van der Waals surface area contributed by atoms with Crippen LogP contribution in [0.2, 0.25) is 0 Å². The Labute approximate surface area is 188 Å². The summed E-state index contributed by atoms with van der Waals surface area (Å²) in [6, 6.07) is 15.2. The number of halogens is 1. The summed E-state index contributed by atoms with van der Waals surface area (Å²) in [4.78, 5) is 14.9. The molecule has 5 heteroatoms. The first-order valence-corrected chi connectivity index (χ1v) is 11.3. The molecule has 1 amide bonds. The maximum absolute atomic E-state index is 12.8. The Morgan fingerprint density at radius 2 is 1.73 bits per heavy atom. The second kappa shape index (κ2) is 12.9. The number of carbonyl (C=O) groups is 1. The van der Waals surface area contributed by atoms with Gasteiger partial charge in [-0.1, -0.05) is 56.3 Å². The van der Waals surface area contributed by atoms with Crippen molar-refractivity contribution in [3.63, 3.8) is 0 Å². The molecule has 166 valence electrons. The van der Waals surface area contributed by atoms with Gasteiger partial charge >= 0.3 is 0 Å². The van der Waals surface area contributed by atoms with Gasteiger partial charge in [0.2, 0.25) is 5.91 Å². The third kappa shape index (κ3) is 7.57. The summed E-state index contributed by atoms with van der Waals surface area (Å²) < 4.78 is 0. The number of rotatable bonds is 10. The van der Waals surface area contributed by atoms with Gasteiger partial charge < -0.3 is 15.5 Å². The van der Waals surface area contributed by atoms with Crippen LogP contribution in [0.3, 0.4) is 0 Å². The van der Waals surface area contributed by atoms with Gasteiger partial charge in [-0.3, -0.25) is 4.79 Å². The zero-order valence-electron chi connectivity index (χ0n) is 18.5. The van der Waals surface area contributed by atoms with E-state index in [1.807, 2.05) is 0 Å². The topological polar surface area (TPSA) is 44.4 Å². The molecule has 1 fully saturated rings. The summed E-state index contributed by atoms with van der Waals surface area (Å²) in [6.07, 6.45) is 5.19. The van der Waals surface area contributed by atoms with Gasteiger partial charge in [-0.15, -0.1) is 12.4 Å². The van der Waals surface area contributed by atoms with Gasteiger partial charge in [0.15, 0.2) is 0 Å². The van der Waals surface area contributed by atoms with Gasteiger partial charge in [0.05, 0.1) is 6.42 Å². The quantitative estimate of drug-likeness (QED) is 0.547. The number of hydrogen-bond acceptors (Lipinski definition) is 3. The van der Waals surface area contributed by atoms with E-state index >= 15 is 0 Å². The number of carbonyl (C=O) groups excluding carboxylic acids is 1. The minimum absolute atomic E-state index is 0. The molecule has 0 unspecified atom stereocenters. The van der Waals surface area contributed by atoms with Gasteiger partial charge in [0, 0.05) is 19.1 Å². The summed E-state index contributed by atoms with van der Waals surface area (Å²) in [6.45, 7) is 9.47. The molecule has 0 aliphatic carbocycles. The number of amides is 1. The van der Waals surface area contributed by atoms with E-state index in [1.54, 1.807) is 0 Å². The fourth-order valence-electron chi connectivity index (χ4n) is 4.18. The molecule has 30 heavy (non-hydrogen) atoms. The van der Waals surface area contributed by atoms with Crippen molar-refractivity contribution in [3.05, 3.63) is 48.0 Å². The molecule has 0 saturated carbocycles. The number of likely N-dealkylation sites (tertiary alicyclic amines) is 1. The normalized spacial score (nSPS) is 14.8. The highest BCUT2D eigenvalue weighted by molar-refractivity contribution is 5.90. The summed E-state index contributed by atoms with van der Waals surface area (Å²) in [5, 5.41) is 9.49. The summed E-state index contributed by atoms with van der Waals surface area (Å²) in [5.74, 6) is 0.968. The number of nitrogens with one attached hydrogen (secondary N) is 2. The van der Waals surface area contributed by atoms with E-state index in [9.17, 15) is 4.79 Å². The van der Waals surface area contributed by atoms with Crippen LogP contribution in [0, 0.1) is 5.92 Å². The third-order valence-electron chi connectivity index (χ3n) is 5.95. The first kappa shape index (κ1) is 24.6. The minimum atomic E-state index is 0. The smallest absolute Gasteiger partial charge is 0.227 e. The molecule has 0 atom stereocenters. The fourth-order valence-corrected chi connectivity index (χ4v) is 4.18. The molecular weight excluding hydrogens is 394 g/mol. The van der Waals surface area contributed by atoms with Crippen LogP contribution in [0.4, 0.5) is 0 Å². The number of fused-ring (bicyclic) bond motifs is 1. The Hall–Kier alpha value is -1.62. The molecule has 3 rings (SSSR count). The van der Waals surface area contributed by atoms with Crippen LogP contribution in [-0.2, 0) is 11.2 Å². The monoisotopic (exact) mass is 431 g/mol. The summed E-state index contributed by atoms with van der Waals surface area (Å²) >= 11 is 0. The summed E-state index contributed by atoms with van der Waals surface area (Å²) in [5.41, 5.74) is 1.14. The molecule has 1 aliphatic heterocycles. The lowest BCUT2D eigenvalue weighted by molar-refractivity contribution is -0.131. The van der Waals surface area contributed by atoms with E-state index in [2.05, 4.69) is 71.8 Å². The van der Waals surface area contributed by atoms with Crippen molar-refractivity contribution in [1.29, 1.82) is 0 Å². The van der Waals surface area contributed by atoms with E-state index in [-0.39, 0.29) is 18.3 Å². The molecule has 1 saturated heterocycles. The number of unbranched alkanes of at least 4 members (excludes halogenated alkanes) is 1. The predicted octanol–water partition coefficient (Wildman–Crippen LogP) is 4.41. The average Bonchev–Trinajstić information content (AvgIpc) is 2.73. The second-order valence-electron chi connectivity index (χ2n) is 8.66. The van der Waals surface area contributed by atoms with Crippen LogP contribution < -0.4 is 10.6 Å². The van der Waals surface area contributed by atoms with E-state index in [0.717, 1.165) is 51.1 Å². The molecule has 0 spiro atoms. The molecule has 2 aromatic carbocycles. The average molecular weight is 432 g/mol. The van der Waals surface area contributed by atoms with Crippen molar-refractivity contribution < 1.29 is 4.79 Å². The van der Waals surface area contributed by atoms with Crippen LogP contribution >= 0.6 is 12.4 Å². The van der Waals surface area contributed by atoms with Gasteiger partial charge in [-0.25, -0.2) is 0 Å². The van der Waals surface area contributed by atoms with Crippen LogP contribution in [0.15, 0.2) is 42.5 Å². The second-order valence-corrected chi connectivity index (χ2v) is 8.66. The third-order valence-corrected chi connectivity index (χ3v) is 5.95. The maximum Gasteiger partial charge on any atom is 0.227 e. The van der Waals surface area contributed by atoms with Gasteiger partial charge in [0.1, 0.15) is 0 Å². The predicted molar refractivity (Wildman–Crippen MR) is 129 cm³/mol. The number of hydrogen-bond donors (Lipinski definition) is 2. The van der Waals surface area contributed by atoms with Crippen LogP contribution in [0.5, 0.6) is 0 Å². The molecule has 0 radical (unpaired) electrons. The van der Waals surface area contributed by atoms with Crippen LogP contribution in [0.25, 0.3) is 10.8 Å². The van der Waals surface area contributed by atoms with Crippen molar-refractivity contribution >= 4 is 29.1 Å². The Morgan fingerprint density at radius 1 is 1.03 bits per heavy atom. The van der Waals surface area contributed by atoms with Gasteiger partial charge in [0.25, 0.3) is 0 Å². The highest BCUT2D eigenvalue weighted by Crippen LogP contribution is 2.21. The van der Waals surface area contributed by atoms with E-state index in [1.165, 1.54) is 23.6 Å². The number of piperidine rings is 1. The van der Waals surface area contributed by atoms with E-state index in [0.29, 0.717) is 18.4 Å². The van der Waals surface area contributed by atoms with Crippen molar-refractivity contribution in [2.24, 2.45) is 5.92 Å². The zero-order chi connectivity index (χ0) is 20.5. The van der Waals surface area contributed by atoms with Crippen molar-refractivity contribution in [3.8, 4) is 0 Å². The Balaban J connectivity index is 0.00000320. The molecule has 0 bridgehead atoms. The fraction of sp³-hybridized carbons (Fsp3) is 0.560. The highest BCUT2D eigenvalue weighted by Gasteiger charge is 2.22. The molecule has 4 nitrogen and oxygen atoms in total. The Morgan fingerprint density at radius 3 is 2.50 bits per heavy atom. The highest BCUT2D eigenvalue weighted by atomic mass is 35.5. The lowest BCUT2D eigenvalue weighted by Crippen LogP contribution is -2.41. The van der Waals surface area contributed by atoms with Crippen LogP contribution in [0.1, 0.15) is 45.1 Å². The molecular formula is C25H38ClN3O. The summed E-state index contributed by atoms with van der Waals surface area (Å²) in [7, 11) is 0. The largest absolute Gasteiger partial charge is 0.342 e. The lowest BCUT2D eigenvalue weighted by atomic mass is 9.95. The minimum Gasteiger partial charge on any atom is -0.342 e. The number of nitrogens with zero attached hydrogens (tertiary/aromatic N) is 1. The molecule has 2 N–H and O–H groups in total. The molecule has 2 aromatic rings. The lowest BCUT2D eigenvalue weighted by Gasteiger charge is -2.32. The first-order chi connectivity index (χ1) is 14.1. The molecule has 1 heterocycles. The first-order valence-electron chi connectivity index (χ1n) is 11.3. The van der Waals surface area contributed by atoms with Crippen molar-refractivity contribution in [2.45, 2.75) is 52.0 Å². The van der Waals surface area contributed by atoms with Gasteiger partial charge in [-0.2, -0.15) is 0 Å². The Kier molecular flexibility index (Phi) is 10.6. The van der Waals surface area contributed by atoms with E-state index < -0.39 is 0 Å². The number of benzene rings is 2. The molecule has 0 aromatic heterocycles. The standard InChI is InChI=1S/C25H37N3O.ClH/c1-20(2)27-15-6-5-14-26-19-21-12-16-28(17-13-21)25(29)18-23-10-7-9-22-8-3-4-11-24(22)23;/h3-4,7-11,20-21,26-27H,5-6,12-19H2,1-2H3;1H. The van der Waals surface area contributed by atoms with Crippen molar-refractivity contribution in [2.75, 3.05) is 32.7 Å². The Bertz CT molecular complexity index is 767. The SMILES string of the molecule is CC(C)NCCCCNCC1CCN(C(=O)Cc2cccc3ccccc23)CC1.Cl. The zero-order valence-corrected chi connectivity index (χ0v) is 19.3.